The number of rotatable bonds is 0. The van der Waals surface area contributed by atoms with Gasteiger partial charge < -0.3 is 9.47 Å². The summed E-state index contributed by atoms with van der Waals surface area (Å²) in [5.74, 6) is 2.98. The van der Waals surface area contributed by atoms with Crippen molar-refractivity contribution >= 4 is 31.9 Å². The number of ether oxygens (including phenoxy) is 2. The van der Waals surface area contributed by atoms with E-state index in [1.165, 1.54) is 36.8 Å². The zero-order chi connectivity index (χ0) is 19.1. The third-order valence-corrected chi connectivity index (χ3v) is 7.28. The van der Waals surface area contributed by atoms with Crippen molar-refractivity contribution < 1.29 is 9.47 Å². The maximum absolute atomic E-state index is 6.32. The summed E-state index contributed by atoms with van der Waals surface area (Å²) in [6.07, 6.45) is 24.8. The smallest absolute Gasteiger partial charge is 0.169 e. The van der Waals surface area contributed by atoms with Crippen molar-refractivity contribution in [3.63, 3.8) is 0 Å². The normalized spacial score (nSPS) is 31.4. The lowest BCUT2D eigenvalue weighted by Gasteiger charge is -2.42. The minimum atomic E-state index is 0.198. The highest BCUT2D eigenvalue weighted by molar-refractivity contribution is 9.12. The molecule has 0 amide bonds. The second-order valence-corrected chi connectivity index (χ2v) is 9.46. The van der Waals surface area contributed by atoms with Crippen molar-refractivity contribution in [1.82, 2.24) is 0 Å². The van der Waals surface area contributed by atoms with Gasteiger partial charge >= 0.3 is 0 Å². The lowest BCUT2D eigenvalue weighted by molar-refractivity contribution is 0.226. The SMILES string of the molecule is BrC1=CC=COC2=C(C3CC=CC=C3C=C2Br)[C@H]2C(=CC=C3CCCCC32)O1. The first-order chi connectivity index (χ1) is 13.7. The van der Waals surface area contributed by atoms with Crippen LogP contribution in [-0.4, -0.2) is 0 Å². The second-order valence-electron chi connectivity index (χ2n) is 7.82. The maximum Gasteiger partial charge on any atom is 0.169 e. The highest BCUT2D eigenvalue weighted by atomic mass is 79.9. The highest BCUT2D eigenvalue weighted by Gasteiger charge is 2.42. The predicted octanol–water partition coefficient (Wildman–Crippen LogP) is 7.46. The second kappa shape index (κ2) is 7.72. The largest absolute Gasteiger partial charge is 0.464 e. The van der Waals surface area contributed by atoms with Gasteiger partial charge in [-0.05, 0) is 98.9 Å². The van der Waals surface area contributed by atoms with Gasteiger partial charge in [-0.25, -0.2) is 0 Å². The van der Waals surface area contributed by atoms with Crippen molar-refractivity contribution in [3.05, 3.63) is 92.3 Å². The maximum atomic E-state index is 6.32. The Bertz CT molecular complexity index is 940. The lowest BCUT2D eigenvalue weighted by Crippen LogP contribution is -2.32. The van der Waals surface area contributed by atoms with Crippen molar-refractivity contribution in [2.75, 3.05) is 0 Å². The molecule has 0 bridgehead atoms. The molecule has 4 aliphatic carbocycles. The first-order valence-electron chi connectivity index (χ1n) is 9.98. The summed E-state index contributed by atoms with van der Waals surface area (Å²) >= 11 is 7.36. The Kier molecular flexibility index (Phi) is 5.10. The average Bonchev–Trinajstić information content (AvgIpc) is 2.71. The summed E-state index contributed by atoms with van der Waals surface area (Å²) in [5.41, 5.74) is 4.25. The third kappa shape index (κ3) is 3.25. The van der Waals surface area contributed by atoms with E-state index in [1.807, 2.05) is 12.2 Å². The van der Waals surface area contributed by atoms with Gasteiger partial charge in [-0.2, -0.15) is 0 Å². The van der Waals surface area contributed by atoms with Crippen LogP contribution in [0, 0.1) is 17.8 Å². The molecule has 0 aromatic carbocycles. The molecule has 1 heterocycles. The van der Waals surface area contributed by atoms with E-state index in [1.54, 1.807) is 11.8 Å². The van der Waals surface area contributed by atoms with Crippen LogP contribution >= 0.6 is 31.9 Å². The van der Waals surface area contributed by atoms with Crippen molar-refractivity contribution in [2.45, 2.75) is 32.1 Å². The van der Waals surface area contributed by atoms with E-state index in [-0.39, 0.29) is 5.92 Å². The molecular weight excluding hydrogens is 480 g/mol. The molecule has 28 heavy (non-hydrogen) atoms. The Labute approximate surface area is 183 Å². The molecule has 1 fully saturated rings. The highest BCUT2D eigenvalue weighted by Crippen LogP contribution is 2.52. The number of hydrogen-bond acceptors (Lipinski definition) is 2. The number of allylic oxidation sites excluding steroid dienone is 12. The molecule has 4 heteroatoms. The Morgan fingerprint density at radius 3 is 2.86 bits per heavy atom. The molecule has 1 saturated carbocycles. The molecule has 0 spiro atoms. The molecular formula is C24H22Br2O2. The van der Waals surface area contributed by atoms with E-state index in [4.69, 9.17) is 9.47 Å². The Morgan fingerprint density at radius 1 is 1.00 bits per heavy atom. The quantitative estimate of drug-likeness (QED) is 0.343. The third-order valence-electron chi connectivity index (χ3n) is 6.27. The number of halogens is 2. The number of fused-ring (bicyclic) bond motifs is 6. The van der Waals surface area contributed by atoms with Crippen LogP contribution in [-0.2, 0) is 9.47 Å². The molecule has 0 radical (unpaired) electrons. The van der Waals surface area contributed by atoms with E-state index in [0.717, 1.165) is 22.4 Å². The van der Waals surface area contributed by atoms with Gasteiger partial charge in [-0.15, -0.1) is 0 Å². The van der Waals surface area contributed by atoms with Crippen molar-refractivity contribution in [3.8, 4) is 0 Å². The zero-order valence-electron chi connectivity index (χ0n) is 15.5. The molecule has 1 aliphatic heterocycles. The Hall–Kier alpha value is -1.52. The topological polar surface area (TPSA) is 18.5 Å². The van der Waals surface area contributed by atoms with Crippen LogP contribution in [0.4, 0.5) is 0 Å². The lowest BCUT2D eigenvalue weighted by atomic mass is 9.65. The minimum absolute atomic E-state index is 0.198. The fourth-order valence-electron chi connectivity index (χ4n) is 5.07. The summed E-state index contributed by atoms with van der Waals surface area (Å²) in [6.45, 7) is 0. The van der Waals surface area contributed by atoms with Crippen molar-refractivity contribution in [1.29, 1.82) is 0 Å². The van der Waals surface area contributed by atoms with Gasteiger partial charge in [-0.1, -0.05) is 36.3 Å². The van der Waals surface area contributed by atoms with Gasteiger partial charge in [0.05, 0.1) is 10.7 Å². The molecule has 0 saturated heterocycles. The van der Waals surface area contributed by atoms with Crippen LogP contribution in [0.25, 0.3) is 0 Å². The predicted molar refractivity (Wildman–Crippen MR) is 119 cm³/mol. The average molecular weight is 502 g/mol. The molecule has 2 unspecified atom stereocenters. The van der Waals surface area contributed by atoms with Gasteiger partial charge in [0.2, 0.25) is 0 Å². The molecule has 5 rings (SSSR count). The molecule has 3 atom stereocenters. The standard InChI is InChI=1S/C24H22Br2O2/c25-19-14-16-7-2-4-9-18(16)23-22-17-8-3-1-6-15(17)11-12-20(22)28-21(26)10-5-13-27-24(19)23/h2,4-5,7,10-14,17-18,22H,1,3,6,8-9H2/t17?,18?,22-/m1/s1. The van der Waals surface area contributed by atoms with Crippen molar-refractivity contribution in [2.24, 2.45) is 17.8 Å². The summed E-state index contributed by atoms with van der Waals surface area (Å²) in [7, 11) is 0. The molecule has 0 N–H and O–H groups in total. The first-order valence-corrected chi connectivity index (χ1v) is 11.6. The van der Waals surface area contributed by atoms with Crippen LogP contribution < -0.4 is 0 Å². The van der Waals surface area contributed by atoms with Gasteiger partial charge in [0.25, 0.3) is 0 Å². The first kappa shape index (κ1) is 18.5. The van der Waals surface area contributed by atoms with E-state index in [2.05, 4.69) is 68.3 Å². The molecule has 0 aromatic heterocycles. The fraction of sp³-hybridized carbons (Fsp3) is 0.333. The minimum Gasteiger partial charge on any atom is -0.464 e. The summed E-state index contributed by atoms with van der Waals surface area (Å²) in [4.78, 5) is 0. The molecule has 144 valence electrons. The van der Waals surface area contributed by atoms with Gasteiger partial charge in [0.15, 0.2) is 4.67 Å². The van der Waals surface area contributed by atoms with E-state index < -0.39 is 0 Å². The number of hydrogen-bond donors (Lipinski definition) is 0. The van der Waals surface area contributed by atoms with Crippen LogP contribution in [0.3, 0.4) is 0 Å². The molecule has 2 nitrogen and oxygen atoms in total. The zero-order valence-corrected chi connectivity index (χ0v) is 18.7. The van der Waals surface area contributed by atoms with Crippen LogP contribution in [0.5, 0.6) is 0 Å². The fourth-order valence-corrected chi connectivity index (χ4v) is 6.00. The van der Waals surface area contributed by atoms with E-state index in [9.17, 15) is 0 Å². The Morgan fingerprint density at radius 2 is 1.93 bits per heavy atom. The van der Waals surface area contributed by atoms with Gasteiger partial charge in [-0.3, -0.25) is 0 Å². The van der Waals surface area contributed by atoms with Crippen LogP contribution in [0.15, 0.2) is 92.3 Å². The molecule has 5 aliphatic rings. The monoisotopic (exact) mass is 500 g/mol. The summed E-state index contributed by atoms with van der Waals surface area (Å²) in [6, 6.07) is 0. The van der Waals surface area contributed by atoms with Gasteiger partial charge in [0.1, 0.15) is 11.5 Å². The summed E-state index contributed by atoms with van der Waals surface area (Å²) < 4.78 is 14.3. The van der Waals surface area contributed by atoms with Gasteiger partial charge in [0, 0.05) is 11.8 Å². The summed E-state index contributed by atoms with van der Waals surface area (Å²) in [5, 5.41) is 0. The Balaban J connectivity index is 1.71. The van der Waals surface area contributed by atoms with E-state index >= 15 is 0 Å². The van der Waals surface area contributed by atoms with Crippen LogP contribution in [0.2, 0.25) is 0 Å². The molecule has 0 aromatic rings. The van der Waals surface area contributed by atoms with Crippen LogP contribution in [0.1, 0.15) is 32.1 Å². The van der Waals surface area contributed by atoms with E-state index in [0.29, 0.717) is 16.5 Å².